The average Bonchev–Trinajstić information content (AvgIpc) is 2.95. The Morgan fingerprint density at radius 2 is 1.46 bits per heavy atom. The van der Waals surface area contributed by atoms with Gasteiger partial charge in [0.1, 0.15) is 11.3 Å². The summed E-state index contributed by atoms with van der Waals surface area (Å²) in [7, 11) is 0. The highest BCUT2D eigenvalue weighted by molar-refractivity contribution is 6.30. The molecule has 0 amide bonds. The van der Waals surface area contributed by atoms with Crippen molar-refractivity contribution < 1.29 is 14.3 Å². The minimum atomic E-state index is -0.450. The van der Waals surface area contributed by atoms with Crippen LogP contribution in [0.1, 0.15) is 28.7 Å². The van der Waals surface area contributed by atoms with E-state index in [1.54, 1.807) is 18.2 Å². The summed E-state index contributed by atoms with van der Waals surface area (Å²) in [5.74, 6) is 0.646. The number of aliphatic hydroxyl groups excluding tert-OH is 1. The number of hydrogen-bond donors (Lipinski definition) is 1. The number of aliphatic hydroxyl groups is 1. The largest absolute Gasteiger partial charge is 0.493 e. The van der Waals surface area contributed by atoms with Gasteiger partial charge in [0.25, 0.3) is 0 Å². The van der Waals surface area contributed by atoms with E-state index in [1.165, 1.54) is 5.56 Å². The molecule has 1 fully saturated rings. The van der Waals surface area contributed by atoms with E-state index in [-0.39, 0.29) is 6.61 Å². The number of benzene rings is 3. The molecule has 0 aliphatic carbocycles. The van der Waals surface area contributed by atoms with Crippen LogP contribution in [0.3, 0.4) is 0 Å². The standard InChI is InChI=1S/C31H32Cl2N2O4/c32-24-6-2-22(3-7-24)18-28-29(21-36)27-11-10-26(19-30(27)39-31(28)37)38-17-1-12-34-13-15-35(16-14-34)20-23-4-8-25(33)9-5-23/h2-11,19,36H,1,12-18,20-21H2. The van der Waals surface area contributed by atoms with E-state index < -0.39 is 5.63 Å². The highest BCUT2D eigenvalue weighted by Crippen LogP contribution is 2.26. The van der Waals surface area contributed by atoms with Crippen molar-refractivity contribution in [2.24, 2.45) is 0 Å². The molecule has 0 radical (unpaired) electrons. The van der Waals surface area contributed by atoms with Crippen LogP contribution in [0.5, 0.6) is 5.75 Å². The molecular formula is C31H32Cl2N2O4. The van der Waals surface area contributed by atoms with Crippen LogP contribution in [0.25, 0.3) is 11.0 Å². The molecule has 1 aliphatic rings. The van der Waals surface area contributed by atoms with Crippen molar-refractivity contribution in [3.05, 3.63) is 109 Å². The van der Waals surface area contributed by atoms with Gasteiger partial charge in [0.2, 0.25) is 0 Å². The van der Waals surface area contributed by atoms with E-state index in [1.807, 2.05) is 36.4 Å². The summed E-state index contributed by atoms with van der Waals surface area (Å²) >= 11 is 12.0. The van der Waals surface area contributed by atoms with E-state index in [4.69, 9.17) is 32.4 Å². The van der Waals surface area contributed by atoms with Crippen molar-refractivity contribution >= 4 is 34.2 Å². The van der Waals surface area contributed by atoms with Gasteiger partial charge in [0.05, 0.1) is 13.2 Å². The van der Waals surface area contributed by atoms with Gasteiger partial charge in [-0.25, -0.2) is 4.79 Å². The van der Waals surface area contributed by atoms with E-state index in [2.05, 4.69) is 21.9 Å². The van der Waals surface area contributed by atoms with Gasteiger partial charge in [-0.2, -0.15) is 0 Å². The molecule has 0 saturated carbocycles. The molecule has 39 heavy (non-hydrogen) atoms. The second-order valence-corrected chi connectivity index (χ2v) is 10.8. The summed E-state index contributed by atoms with van der Waals surface area (Å²) < 4.78 is 11.6. The summed E-state index contributed by atoms with van der Waals surface area (Å²) in [6.07, 6.45) is 1.26. The Hall–Kier alpha value is -2.87. The molecule has 1 N–H and O–H groups in total. The lowest BCUT2D eigenvalue weighted by Crippen LogP contribution is -2.46. The first-order valence-corrected chi connectivity index (χ1v) is 14.0. The fourth-order valence-electron chi connectivity index (χ4n) is 5.04. The Labute approximate surface area is 238 Å². The number of hydrogen-bond acceptors (Lipinski definition) is 6. The predicted octanol–water partition coefficient (Wildman–Crippen LogP) is 5.77. The van der Waals surface area contributed by atoms with Gasteiger partial charge >= 0.3 is 5.63 Å². The van der Waals surface area contributed by atoms with Crippen molar-refractivity contribution in [2.45, 2.75) is 26.0 Å². The molecule has 6 nitrogen and oxygen atoms in total. The minimum Gasteiger partial charge on any atom is -0.493 e. The highest BCUT2D eigenvalue weighted by Gasteiger charge is 2.18. The van der Waals surface area contributed by atoms with Crippen LogP contribution in [0, 0.1) is 0 Å². The monoisotopic (exact) mass is 566 g/mol. The zero-order chi connectivity index (χ0) is 27.2. The Kier molecular flexibility index (Phi) is 9.22. The first-order chi connectivity index (χ1) is 19.0. The molecule has 0 atom stereocenters. The zero-order valence-corrected chi connectivity index (χ0v) is 23.3. The Balaban J connectivity index is 1.13. The SMILES string of the molecule is O=c1oc2cc(OCCCN3CCN(Cc4ccc(Cl)cc4)CC3)ccc2c(CO)c1Cc1ccc(Cl)cc1. The van der Waals surface area contributed by atoms with E-state index in [0.29, 0.717) is 45.9 Å². The molecule has 0 bridgehead atoms. The maximum atomic E-state index is 12.8. The van der Waals surface area contributed by atoms with Crippen LogP contribution in [0.2, 0.25) is 10.0 Å². The summed E-state index contributed by atoms with van der Waals surface area (Å²) in [6.45, 7) is 6.40. The summed E-state index contributed by atoms with van der Waals surface area (Å²) in [6, 6.07) is 20.8. The second kappa shape index (κ2) is 13.0. The van der Waals surface area contributed by atoms with Crippen LogP contribution >= 0.6 is 23.2 Å². The number of nitrogens with zero attached hydrogens (tertiary/aromatic N) is 2. The van der Waals surface area contributed by atoms with Gasteiger partial charge in [-0.1, -0.05) is 47.5 Å². The third-order valence-corrected chi connectivity index (χ3v) is 7.72. The van der Waals surface area contributed by atoms with Gasteiger partial charge in [-0.05, 0) is 59.5 Å². The third kappa shape index (κ3) is 7.21. The molecule has 0 spiro atoms. The van der Waals surface area contributed by atoms with Crippen molar-refractivity contribution in [3.8, 4) is 5.75 Å². The molecule has 0 unspecified atom stereocenters. The van der Waals surface area contributed by atoms with Gasteiger partial charge in [-0.15, -0.1) is 0 Å². The lowest BCUT2D eigenvalue weighted by molar-refractivity contribution is 0.121. The summed E-state index contributed by atoms with van der Waals surface area (Å²) in [5.41, 5.74) is 3.21. The molecule has 1 aromatic heterocycles. The van der Waals surface area contributed by atoms with Gasteiger partial charge in [-0.3, -0.25) is 4.90 Å². The number of piperazine rings is 1. The number of fused-ring (bicyclic) bond motifs is 1. The van der Waals surface area contributed by atoms with E-state index >= 15 is 0 Å². The van der Waals surface area contributed by atoms with Crippen LogP contribution in [0.4, 0.5) is 0 Å². The topological polar surface area (TPSA) is 66.2 Å². The fraction of sp³-hybridized carbons (Fsp3) is 0.323. The highest BCUT2D eigenvalue weighted by atomic mass is 35.5. The first-order valence-electron chi connectivity index (χ1n) is 13.2. The van der Waals surface area contributed by atoms with E-state index in [0.717, 1.165) is 56.3 Å². The second-order valence-electron chi connectivity index (χ2n) is 9.91. The molecule has 3 aromatic carbocycles. The van der Waals surface area contributed by atoms with Gasteiger partial charge < -0.3 is 19.2 Å². The lowest BCUT2D eigenvalue weighted by Gasteiger charge is -2.34. The minimum absolute atomic E-state index is 0.252. The maximum Gasteiger partial charge on any atom is 0.340 e. The molecule has 8 heteroatoms. The van der Waals surface area contributed by atoms with Crippen LogP contribution in [-0.2, 0) is 19.6 Å². The quantitative estimate of drug-likeness (QED) is 0.194. The Morgan fingerprint density at radius 3 is 2.13 bits per heavy atom. The average molecular weight is 568 g/mol. The van der Waals surface area contributed by atoms with Gasteiger partial charge in [0.15, 0.2) is 0 Å². The normalized spacial score (nSPS) is 14.6. The molecule has 204 valence electrons. The maximum absolute atomic E-state index is 12.8. The van der Waals surface area contributed by atoms with Gasteiger partial charge in [0, 0.05) is 72.8 Å². The molecule has 2 heterocycles. The first kappa shape index (κ1) is 27.7. The van der Waals surface area contributed by atoms with Crippen LogP contribution < -0.4 is 10.4 Å². The summed E-state index contributed by atoms with van der Waals surface area (Å²) in [4.78, 5) is 17.8. The predicted molar refractivity (Wildman–Crippen MR) is 156 cm³/mol. The fourth-order valence-corrected chi connectivity index (χ4v) is 5.29. The molecule has 5 rings (SSSR count). The van der Waals surface area contributed by atoms with E-state index in [9.17, 15) is 9.90 Å². The third-order valence-electron chi connectivity index (χ3n) is 7.22. The smallest absolute Gasteiger partial charge is 0.340 e. The molecule has 1 aliphatic heterocycles. The van der Waals surface area contributed by atoms with Crippen LogP contribution in [-0.4, -0.2) is 54.2 Å². The number of ether oxygens (including phenoxy) is 1. The van der Waals surface area contributed by atoms with Crippen molar-refractivity contribution in [1.82, 2.24) is 9.80 Å². The molecular weight excluding hydrogens is 535 g/mol. The Morgan fingerprint density at radius 1 is 0.821 bits per heavy atom. The molecule has 1 saturated heterocycles. The van der Waals surface area contributed by atoms with Crippen molar-refractivity contribution in [3.63, 3.8) is 0 Å². The summed E-state index contributed by atoms with van der Waals surface area (Å²) in [5, 5.41) is 12.2. The Bertz CT molecular complexity index is 1450. The zero-order valence-electron chi connectivity index (χ0n) is 21.7. The van der Waals surface area contributed by atoms with Crippen LogP contribution in [0.15, 0.2) is 75.9 Å². The number of halogens is 2. The number of rotatable bonds is 10. The van der Waals surface area contributed by atoms with Crippen molar-refractivity contribution in [2.75, 3.05) is 39.3 Å². The van der Waals surface area contributed by atoms with Crippen molar-refractivity contribution in [1.29, 1.82) is 0 Å². The lowest BCUT2D eigenvalue weighted by atomic mass is 9.99. The molecule has 4 aromatic rings.